The van der Waals surface area contributed by atoms with Crippen LogP contribution in [0.4, 0.5) is 0 Å². The topological polar surface area (TPSA) is 41.5 Å². The summed E-state index contributed by atoms with van der Waals surface area (Å²) < 4.78 is 5.70. The predicted octanol–water partition coefficient (Wildman–Crippen LogP) is 3.27. The molecule has 0 saturated heterocycles. The van der Waals surface area contributed by atoms with Crippen molar-refractivity contribution in [3.63, 3.8) is 0 Å². The van der Waals surface area contributed by atoms with Gasteiger partial charge < -0.3 is 9.84 Å². The quantitative estimate of drug-likeness (QED) is 0.644. The standard InChI is InChI=1S/C15H22ClNO2/c1-12-6-5-7-13(16)14(12)19-11-10-17-15(18)8-3-2-4-9-15/h5-7,17-18H,2-4,8-11H2,1H3. The largest absolute Gasteiger partial charge is 0.490 e. The van der Waals surface area contributed by atoms with Crippen LogP contribution in [0.25, 0.3) is 0 Å². The highest BCUT2D eigenvalue weighted by molar-refractivity contribution is 6.32. The van der Waals surface area contributed by atoms with Gasteiger partial charge in [-0.25, -0.2) is 0 Å². The van der Waals surface area contributed by atoms with Gasteiger partial charge in [0.15, 0.2) is 0 Å². The van der Waals surface area contributed by atoms with E-state index >= 15 is 0 Å². The summed E-state index contributed by atoms with van der Waals surface area (Å²) in [5.74, 6) is 0.738. The van der Waals surface area contributed by atoms with Crippen LogP contribution in [0.5, 0.6) is 5.75 Å². The summed E-state index contributed by atoms with van der Waals surface area (Å²) in [6.45, 7) is 3.11. The van der Waals surface area contributed by atoms with Crippen molar-refractivity contribution in [3.8, 4) is 5.75 Å². The van der Waals surface area contributed by atoms with Crippen molar-refractivity contribution in [2.75, 3.05) is 13.2 Å². The number of ether oxygens (including phenoxy) is 1. The van der Waals surface area contributed by atoms with E-state index < -0.39 is 5.72 Å². The molecule has 2 N–H and O–H groups in total. The second-order valence-corrected chi connectivity index (χ2v) is 5.66. The highest BCUT2D eigenvalue weighted by atomic mass is 35.5. The van der Waals surface area contributed by atoms with Gasteiger partial charge >= 0.3 is 0 Å². The third-order valence-corrected chi connectivity index (χ3v) is 3.94. The number of aryl methyl sites for hydroxylation is 1. The Hall–Kier alpha value is -0.770. The minimum absolute atomic E-state index is 0.507. The van der Waals surface area contributed by atoms with Crippen LogP contribution in [0.3, 0.4) is 0 Å². The van der Waals surface area contributed by atoms with E-state index in [0.29, 0.717) is 18.2 Å². The molecule has 106 valence electrons. The first-order chi connectivity index (χ1) is 9.11. The number of para-hydroxylation sites is 1. The van der Waals surface area contributed by atoms with E-state index in [-0.39, 0.29) is 0 Å². The lowest BCUT2D eigenvalue weighted by atomic mass is 9.92. The lowest BCUT2D eigenvalue weighted by molar-refractivity contribution is -0.0296. The second-order valence-electron chi connectivity index (χ2n) is 5.25. The van der Waals surface area contributed by atoms with Crippen molar-refractivity contribution in [3.05, 3.63) is 28.8 Å². The van der Waals surface area contributed by atoms with E-state index in [1.165, 1.54) is 6.42 Å². The number of rotatable bonds is 5. The summed E-state index contributed by atoms with van der Waals surface area (Å²) in [4.78, 5) is 0. The number of hydrogen-bond acceptors (Lipinski definition) is 3. The fraction of sp³-hybridized carbons (Fsp3) is 0.600. The average Bonchev–Trinajstić information content (AvgIpc) is 2.38. The molecule has 3 nitrogen and oxygen atoms in total. The van der Waals surface area contributed by atoms with Crippen molar-refractivity contribution < 1.29 is 9.84 Å². The maximum Gasteiger partial charge on any atom is 0.140 e. The maximum atomic E-state index is 10.3. The summed E-state index contributed by atoms with van der Waals surface area (Å²) in [6.07, 6.45) is 5.07. The summed E-state index contributed by atoms with van der Waals surface area (Å²) in [5, 5.41) is 14.1. The van der Waals surface area contributed by atoms with Gasteiger partial charge in [0.1, 0.15) is 18.1 Å². The molecular weight excluding hydrogens is 262 g/mol. The summed E-state index contributed by atoms with van der Waals surface area (Å²) in [5.41, 5.74) is 0.334. The smallest absolute Gasteiger partial charge is 0.140 e. The molecule has 1 aromatic carbocycles. The average molecular weight is 284 g/mol. The zero-order valence-electron chi connectivity index (χ0n) is 11.4. The highest BCUT2D eigenvalue weighted by Gasteiger charge is 2.27. The second kappa shape index (κ2) is 6.60. The van der Waals surface area contributed by atoms with Crippen LogP contribution in [-0.2, 0) is 0 Å². The molecule has 0 atom stereocenters. The fourth-order valence-corrected chi connectivity index (χ4v) is 2.83. The molecule has 2 rings (SSSR count). The fourth-order valence-electron chi connectivity index (χ4n) is 2.55. The van der Waals surface area contributed by atoms with Gasteiger partial charge in [0.05, 0.1) is 5.02 Å². The van der Waals surface area contributed by atoms with Crippen LogP contribution in [0, 0.1) is 6.92 Å². The monoisotopic (exact) mass is 283 g/mol. The molecule has 0 spiro atoms. The Morgan fingerprint density at radius 2 is 2.05 bits per heavy atom. The number of aliphatic hydroxyl groups is 1. The molecular formula is C15H22ClNO2. The van der Waals surface area contributed by atoms with Crippen molar-refractivity contribution in [1.82, 2.24) is 5.32 Å². The summed E-state index contributed by atoms with van der Waals surface area (Å²) in [6, 6.07) is 5.71. The Bertz CT molecular complexity index is 396. The Labute approximate surface area is 119 Å². The lowest BCUT2D eigenvalue weighted by Gasteiger charge is -2.33. The van der Waals surface area contributed by atoms with E-state index in [2.05, 4.69) is 5.32 Å². The van der Waals surface area contributed by atoms with Gasteiger partial charge in [0.25, 0.3) is 0 Å². The molecule has 0 amide bonds. The third kappa shape index (κ3) is 4.10. The van der Waals surface area contributed by atoms with Crippen LogP contribution in [-0.4, -0.2) is 24.0 Å². The van der Waals surface area contributed by atoms with E-state index in [1.807, 2.05) is 25.1 Å². The summed E-state index contributed by atoms with van der Waals surface area (Å²) in [7, 11) is 0. The molecule has 4 heteroatoms. The molecule has 0 bridgehead atoms. The minimum Gasteiger partial charge on any atom is -0.490 e. The van der Waals surface area contributed by atoms with E-state index in [9.17, 15) is 5.11 Å². The Kier molecular flexibility index (Phi) is 5.08. The van der Waals surface area contributed by atoms with Gasteiger partial charge in [-0.05, 0) is 44.2 Å². The van der Waals surface area contributed by atoms with E-state index in [0.717, 1.165) is 37.0 Å². The number of halogens is 1. The molecule has 1 aliphatic rings. The molecule has 0 radical (unpaired) electrons. The van der Waals surface area contributed by atoms with E-state index in [1.54, 1.807) is 0 Å². The third-order valence-electron chi connectivity index (χ3n) is 3.65. The molecule has 1 aliphatic carbocycles. The zero-order valence-corrected chi connectivity index (χ0v) is 12.2. The van der Waals surface area contributed by atoms with Gasteiger partial charge in [-0.2, -0.15) is 0 Å². The zero-order chi connectivity index (χ0) is 13.7. The minimum atomic E-state index is -0.697. The Balaban J connectivity index is 1.77. The first-order valence-electron chi connectivity index (χ1n) is 6.96. The summed E-state index contributed by atoms with van der Waals surface area (Å²) >= 11 is 6.09. The lowest BCUT2D eigenvalue weighted by Crippen LogP contribution is -2.48. The van der Waals surface area contributed by atoms with Crippen LogP contribution < -0.4 is 10.1 Å². The van der Waals surface area contributed by atoms with Crippen molar-refractivity contribution in [2.45, 2.75) is 44.8 Å². The molecule has 0 aliphatic heterocycles. The maximum absolute atomic E-state index is 10.3. The van der Waals surface area contributed by atoms with Gasteiger partial charge in [0, 0.05) is 6.54 Å². The number of hydrogen-bond donors (Lipinski definition) is 2. The van der Waals surface area contributed by atoms with Gasteiger partial charge in [-0.3, -0.25) is 5.32 Å². The van der Waals surface area contributed by atoms with Crippen LogP contribution >= 0.6 is 11.6 Å². The Morgan fingerprint density at radius 3 is 2.74 bits per heavy atom. The molecule has 0 aromatic heterocycles. The molecule has 0 unspecified atom stereocenters. The van der Waals surface area contributed by atoms with Crippen molar-refractivity contribution >= 4 is 11.6 Å². The van der Waals surface area contributed by atoms with E-state index in [4.69, 9.17) is 16.3 Å². The Morgan fingerprint density at radius 1 is 1.32 bits per heavy atom. The van der Waals surface area contributed by atoms with Gasteiger partial charge in [-0.1, -0.05) is 30.2 Å². The highest BCUT2D eigenvalue weighted by Crippen LogP contribution is 2.28. The molecule has 1 saturated carbocycles. The van der Waals surface area contributed by atoms with Gasteiger partial charge in [0.2, 0.25) is 0 Å². The van der Waals surface area contributed by atoms with Crippen molar-refractivity contribution in [1.29, 1.82) is 0 Å². The molecule has 1 fully saturated rings. The SMILES string of the molecule is Cc1cccc(Cl)c1OCCNC1(O)CCCCC1. The molecule has 0 heterocycles. The number of benzene rings is 1. The van der Waals surface area contributed by atoms with Gasteiger partial charge in [-0.15, -0.1) is 0 Å². The normalized spacial score (nSPS) is 18.3. The van der Waals surface area contributed by atoms with Crippen LogP contribution in [0.1, 0.15) is 37.7 Å². The molecule has 19 heavy (non-hydrogen) atoms. The first kappa shape index (κ1) is 14.6. The first-order valence-corrected chi connectivity index (χ1v) is 7.34. The van der Waals surface area contributed by atoms with Crippen molar-refractivity contribution in [2.24, 2.45) is 0 Å². The molecule has 1 aromatic rings. The number of nitrogens with one attached hydrogen (secondary N) is 1. The van der Waals surface area contributed by atoms with Crippen LogP contribution in [0.2, 0.25) is 5.02 Å². The van der Waals surface area contributed by atoms with Crippen LogP contribution in [0.15, 0.2) is 18.2 Å². The predicted molar refractivity (Wildman–Crippen MR) is 77.7 cm³/mol.